The van der Waals surface area contributed by atoms with Gasteiger partial charge in [-0.15, -0.1) is 0 Å². The average Bonchev–Trinajstić information content (AvgIpc) is 2.19. The quantitative estimate of drug-likeness (QED) is 0.689. The van der Waals surface area contributed by atoms with Crippen LogP contribution in [0, 0.1) is 0 Å². The van der Waals surface area contributed by atoms with E-state index in [1.807, 2.05) is 0 Å². The molecule has 0 saturated heterocycles. The van der Waals surface area contributed by atoms with Crippen LogP contribution in [-0.2, 0) is 5.11 Å². The highest BCUT2D eigenvalue weighted by Gasteiger charge is 2.02. The van der Waals surface area contributed by atoms with Crippen LogP contribution >= 0.6 is 0 Å². The summed E-state index contributed by atoms with van der Waals surface area (Å²) in [6.07, 6.45) is 3.59. The fourth-order valence-electron chi connectivity index (χ4n) is 0.879. The maximum atomic E-state index is 11.3. The Morgan fingerprint density at radius 2 is 2.08 bits per heavy atom. The zero-order chi connectivity index (χ0) is 9.52. The van der Waals surface area contributed by atoms with Crippen molar-refractivity contribution < 1.29 is 9.90 Å². The third kappa shape index (κ3) is 3.21. The summed E-state index contributed by atoms with van der Waals surface area (Å²) in [6.45, 7) is 0.279. The number of carbonyl (C=O) groups excluding carboxylic acids is 1. The average molecular weight is 179 g/mol. The second kappa shape index (κ2) is 5.27. The van der Waals surface area contributed by atoms with Crippen LogP contribution in [0.2, 0.25) is 0 Å². The summed E-state index contributed by atoms with van der Waals surface area (Å²) in [5, 5.41) is 12.7. The highest BCUT2D eigenvalue weighted by Crippen LogP contribution is 1.94. The Bertz CT molecular complexity index is 262. The molecule has 0 aromatic carbocycles. The molecule has 0 spiro atoms. The molecule has 0 unspecified atom stereocenters. The van der Waals surface area contributed by atoms with Gasteiger partial charge in [0, 0.05) is 24.5 Å². The molecule has 1 aromatic heterocycles. The second-order valence-corrected chi connectivity index (χ2v) is 2.55. The first-order valence-electron chi connectivity index (χ1n) is 4.11. The lowest BCUT2D eigenvalue weighted by Crippen LogP contribution is -2.24. The van der Waals surface area contributed by atoms with E-state index >= 15 is 0 Å². The maximum Gasteiger partial charge on any atom is 0.251 e. The van der Waals surface area contributed by atoms with E-state index in [-0.39, 0.29) is 12.5 Å². The molecule has 4 nitrogen and oxygen atoms in total. The molecule has 4 heteroatoms. The number of hydrogen-bond acceptors (Lipinski definition) is 2. The molecular weight excluding hydrogens is 168 g/mol. The summed E-state index contributed by atoms with van der Waals surface area (Å²) in [5.74, 6) is -0.157. The largest absolute Gasteiger partial charge is 0.352 e. The zero-order valence-electron chi connectivity index (χ0n) is 7.19. The van der Waals surface area contributed by atoms with Crippen LogP contribution in [-0.4, -0.2) is 24.0 Å². The van der Waals surface area contributed by atoms with E-state index in [9.17, 15) is 9.90 Å². The minimum absolute atomic E-state index is 0.156. The van der Waals surface area contributed by atoms with Crippen molar-refractivity contribution in [3.05, 3.63) is 30.1 Å². The first kappa shape index (κ1) is 9.67. The van der Waals surface area contributed by atoms with Crippen LogP contribution in [0.4, 0.5) is 0 Å². The number of amides is 1. The smallest absolute Gasteiger partial charge is 0.251 e. The first-order valence-corrected chi connectivity index (χ1v) is 4.11. The van der Waals surface area contributed by atoms with Gasteiger partial charge in [0.05, 0.1) is 6.61 Å². The van der Waals surface area contributed by atoms with E-state index in [4.69, 9.17) is 0 Å². The van der Waals surface area contributed by atoms with Gasteiger partial charge in [-0.1, -0.05) is 0 Å². The summed E-state index contributed by atoms with van der Waals surface area (Å²) >= 11 is 0. The summed E-state index contributed by atoms with van der Waals surface area (Å²) in [7, 11) is 0. The van der Waals surface area contributed by atoms with Gasteiger partial charge in [0.25, 0.3) is 5.91 Å². The maximum absolute atomic E-state index is 11.3. The molecule has 1 radical (unpaired) electrons. The van der Waals surface area contributed by atoms with Crippen LogP contribution in [0.3, 0.4) is 0 Å². The predicted molar refractivity (Wildman–Crippen MR) is 46.7 cm³/mol. The van der Waals surface area contributed by atoms with Crippen molar-refractivity contribution in [2.45, 2.75) is 6.42 Å². The molecule has 0 bridgehead atoms. The van der Waals surface area contributed by atoms with Crippen LogP contribution in [0.15, 0.2) is 24.5 Å². The summed E-state index contributed by atoms with van der Waals surface area (Å²) in [5.41, 5.74) is 0.570. The Balaban J connectivity index is 2.40. The Labute approximate surface area is 76.6 Å². The molecule has 1 amide bonds. The molecule has 0 aliphatic heterocycles. The van der Waals surface area contributed by atoms with Gasteiger partial charge in [0.15, 0.2) is 0 Å². The van der Waals surface area contributed by atoms with Crippen LogP contribution in [0.1, 0.15) is 16.8 Å². The number of carbonyl (C=O) groups is 1. The van der Waals surface area contributed by atoms with Gasteiger partial charge in [-0.2, -0.15) is 0 Å². The van der Waals surface area contributed by atoms with Crippen LogP contribution in [0.25, 0.3) is 0 Å². The Kier molecular flexibility index (Phi) is 3.92. The topological polar surface area (TPSA) is 61.9 Å². The molecule has 0 saturated carbocycles. The van der Waals surface area contributed by atoms with E-state index < -0.39 is 0 Å². The fraction of sp³-hybridized carbons (Fsp3) is 0.333. The van der Waals surface area contributed by atoms with Crippen molar-refractivity contribution in [1.82, 2.24) is 10.3 Å². The van der Waals surface area contributed by atoms with Gasteiger partial charge in [0.1, 0.15) is 0 Å². The van der Waals surface area contributed by atoms with Crippen molar-refractivity contribution in [3.8, 4) is 0 Å². The highest BCUT2D eigenvalue weighted by atomic mass is 16.3. The number of rotatable bonds is 4. The third-order valence-corrected chi connectivity index (χ3v) is 1.55. The number of nitrogens with one attached hydrogen (secondary N) is 1. The van der Waals surface area contributed by atoms with Crippen molar-refractivity contribution in [3.63, 3.8) is 0 Å². The molecule has 1 aromatic rings. The summed E-state index contributed by atoms with van der Waals surface area (Å²) in [6, 6.07) is 3.26. The summed E-state index contributed by atoms with van der Waals surface area (Å²) in [4.78, 5) is 15.1. The second-order valence-electron chi connectivity index (χ2n) is 2.55. The lowest BCUT2D eigenvalue weighted by atomic mass is 10.2. The van der Waals surface area contributed by atoms with E-state index in [0.717, 1.165) is 0 Å². The number of hydrogen-bond donors (Lipinski definition) is 1. The lowest BCUT2D eigenvalue weighted by Gasteiger charge is -2.02. The molecule has 13 heavy (non-hydrogen) atoms. The monoisotopic (exact) mass is 179 g/mol. The molecule has 0 fully saturated rings. The molecule has 0 aliphatic rings. The van der Waals surface area contributed by atoms with E-state index in [0.29, 0.717) is 18.5 Å². The van der Waals surface area contributed by atoms with E-state index in [2.05, 4.69) is 10.3 Å². The minimum Gasteiger partial charge on any atom is -0.352 e. The van der Waals surface area contributed by atoms with E-state index in [1.54, 1.807) is 24.5 Å². The molecular formula is C9H11N2O2. The molecule has 69 valence electrons. The van der Waals surface area contributed by atoms with Crippen molar-refractivity contribution in [2.24, 2.45) is 0 Å². The van der Waals surface area contributed by atoms with Gasteiger partial charge in [-0.3, -0.25) is 9.78 Å². The molecule has 1 rings (SSSR count). The van der Waals surface area contributed by atoms with Gasteiger partial charge >= 0.3 is 0 Å². The number of nitrogens with zero attached hydrogens (tertiary/aromatic N) is 1. The van der Waals surface area contributed by atoms with Crippen molar-refractivity contribution in [2.75, 3.05) is 13.2 Å². The Hall–Kier alpha value is -1.42. The van der Waals surface area contributed by atoms with Gasteiger partial charge in [0.2, 0.25) is 0 Å². The standard InChI is InChI=1S/C9H11N2O2/c12-7-1-4-11-9(13)8-2-5-10-6-3-8/h2-3,5-6H,1,4,7H2,(H,11,13). The zero-order valence-corrected chi connectivity index (χ0v) is 7.19. The number of aromatic nitrogens is 1. The normalized spacial score (nSPS) is 9.62. The molecule has 1 N–H and O–H groups in total. The van der Waals surface area contributed by atoms with Gasteiger partial charge in [-0.25, -0.2) is 5.11 Å². The SMILES string of the molecule is [O]CCCNC(=O)c1ccncc1. The highest BCUT2D eigenvalue weighted by molar-refractivity contribution is 5.93. The minimum atomic E-state index is -0.157. The van der Waals surface area contributed by atoms with Crippen molar-refractivity contribution in [1.29, 1.82) is 0 Å². The van der Waals surface area contributed by atoms with Gasteiger partial charge < -0.3 is 5.32 Å². The van der Waals surface area contributed by atoms with Crippen LogP contribution < -0.4 is 5.32 Å². The molecule has 1 heterocycles. The summed E-state index contributed by atoms with van der Waals surface area (Å²) < 4.78 is 0. The molecule has 0 aliphatic carbocycles. The Morgan fingerprint density at radius 1 is 1.38 bits per heavy atom. The van der Waals surface area contributed by atoms with Crippen LogP contribution in [0.5, 0.6) is 0 Å². The third-order valence-electron chi connectivity index (χ3n) is 1.55. The van der Waals surface area contributed by atoms with Crippen molar-refractivity contribution >= 4 is 5.91 Å². The lowest BCUT2D eigenvalue weighted by molar-refractivity contribution is 0.0948. The van der Waals surface area contributed by atoms with Gasteiger partial charge in [-0.05, 0) is 18.6 Å². The van der Waals surface area contributed by atoms with E-state index in [1.165, 1.54) is 0 Å². The predicted octanol–water partition coefficient (Wildman–Crippen LogP) is 0.632. The Morgan fingerprint density at radius 3 is 2.69 bits per heavy atom. The molecule has 0 atom stereocenters. The first-order chi connectivity index (χ1) is 6.34. The number of pyridine rings is 1. The fourth-order valence-corrected chi connectivity index (χ4v) is 0.879.